The highest BCUT2D eigenvalue weighted by Crippen LogP contribution is 2.14. The Bertz CT molecular complexity index is 324. The van der Waals surface area contributed by atoms with Gasteiger partial charge in [-0.15, -0.1) is 6.58 Å². The van der Waals surface area contributed by atoms with E-state index in [1.54, 1.807) is 0 Å². The van der Waals surface area contributed by atoms with Gasteiger partial charge in [-0.2, -0.15) is 0 Å². The molecule has 1 amide bonds. The van der Waals surface area contributed by atoms with Gasteiger partial charge in [0.05, 0.1) is 12.5 Å². The number of carbonyl (C=O) groups excluding carboxylic acids is 1. The Morgan fingerprint density at radius 1 is 1.35 bits per heavy atom. The summed E-state index contributed by atoms with van der Waals surface area (Å²) in [6, 6.07) is -0.775. The third kappa shape index (κ3) is 6.19. The lowest BCUT2D eigenvalue weighted by Gasteiger charge is -2.16. The fourth-order valence-electron chi connectivity index (χ4n) is 2.28. The van der Waals surface area contributed by atoms with Crippen LogP contribution in [0.5, 0.6) is 0 Å². The van der Waals surface area contributed by atoms with E-state index in [1.807, 2.05) is 6.08 Å². The molecule has 2 N–H and O–H groups in total. The summed E-state index contributed by atoms with van der Waals surface area (Å²) < 4.78 is 5.14. The first-order valence-electron chi connectivity index (χ1n) is 7.37. The quantitative estimate of drug-likeness (QED) is 0.475. The van der Waals surface area contributed by atoms with Crippen LogP contribution < -0.4 is 5.32 Å². The summed E-state index contributed by atoms with van der Waals surface area (Å²) in [5.41, 5.74) is 0. The van der Waals surface area contributed by atoms with Crippen molar-refractivity contribution in [1.29, 1.82) is 0 Å². The lowest BCUT2D eigenvalue weighted by Crippen LogP contribution is -2.43. The molecule has 114 valence electrons. The smallest absolute Gasteiger partial charge is 0.326 e. The zero-order valence-electron chi connectivity index (χ0n) is 12.0. The maximum Gasteiger partial charge on any atom is 0.326 e. The van der Waals surface area contributed by atoms with Crippen LogP contribution in [0.15, 0.2) is 12.7 Å². The van der Waals surface area contributed by atoms with Crippen molar-refractivity contribution in [1.82, 2.24) is 5.32 Å². The highest BCUT2D eigenvalue weighted by Gasteiger charge is 2.27. The molecule has 0 aromatic carbocycles. The van der Waals surface area contributed by atoms with Crippen molar-refractivity contribution < 1.29 is 19.4 Å². The molecule has 0 saturated carbocycles. The largest absolute Gasteiger partial charge is 0.480 e. The number of ether oxygens (including phenoxy) is 1. The molecule has 1 heterocycles. The molecule has 1 aliphatic heterocycles. The molecule has 5 nitrogen and oxygen atoms in total. The molecule has 0 unspecified atom stereocenters. The first-order chi connectivity index (χ1) is 9.65. The van der Waals surface area contributed by atoms with E-state index < -0.39 is 12.0 Å². The number of hydrogen-bond donors (Lipinski definition) is 2. The maximum absolute atomic E-state index is 11.9. The summed E-state index contributed by atoms with van der Waals surface area (Å²) in [6.07, 6.45) is 8.03. The van der Waals surface area contributed by atoms with E-state index in [2.05, 4.69) is 11.9 Å². The lowest BCUT2D eigenvalue weighted by atomic mass is 10.0. The molecule has 1 fully saturated rings. The molecule has 0 radical (unpaired) electrons. The van der Waals surface area contributed by atoms with E-state index in [0.29, 0.717) is 26.1 Å². The van der Waals surface area contributed by atoms with Gasteiger partial charge in [0.15, 0.2) is 0 Å². The molecule has 1 aliphatic rings. The zero-order chi connectivity index (χ0) is 14.8. The van der Waals surface area contributed by atoms with Crippen molar-refractivity contribution >= 4 is 11.9 Å². The highest BCUT2D eigenvalue weighted by atomic mass is 16.5. The maximum atomic E-state index is 11.9. The Morgan fingerprint density at radius 2 is 2.10 bits per heavy atom. The average Bonchev–Trinajstić information content (AvgIpc) is 2.95. The minimum atomic E-state index is -0.955. The molecule has 0 aromatic heterocycles. The third-order valence-electron chi connectivity index (χ3n) is 3.57. The number of carbonyl (C=O) groups is 2. The van der Waals surface area contributed by atoms with Gasteiger partial charge in [0, 0.05) is 6.61 Å². The molecule has 0 spiro atoms. The lowest BCUT2D eigenvalue weighted by molar-refractivity contribution is -0.142. The van der Waals surface area contributed by atoms with Gasteiger partial charge in [0.25, 0.3) is 0 Å². The van der Waals surface area contributed by atoms with Crippen LogP contribution in [0, 0.1) is 5.92 Å². The van der Waals surface area contributed by atoms with Gasteiger partial charge in [-0.1, -0.05) is 25.3 Å². The van der Waals surface area contributed by atoms with Crippen LogP contribution in [-0.2, 0) is 14.3 Å². The summed E-state index contributed by atoms with van der Waals surface area (Å²) in [5, 5.41) is 11.8. The average molecular weight is 283 g/mol. The molecule has 1 rings (SSSR count). The number of hydrogen-bond acceptors (Lipinski definition) is 3. The zero-order valence-corrected chi connectivity index (χ0v) is 12.0. The van der Waals surface area contributed by atoms with E-state index in [0.717, 1.165) is 32.1 Å². The van der Waals surface area contributed by atoms with Gasteiger partial charge in [-0.25, -0.2) is 4.79 Å². The summed E-state index contributed by atoms with van der Waals surface area (Å²) in [4.78, 5) is 23.0. The Morgan fingerprint density at radius 3 is 2.70 bits per heavy atom. The number of carboxylic acid groups (broad SMARTS) is 1. The van der Waals surface area contributed by atoms with Gasteiger partial charge >= 0.3 is 5.97 Å². The fraction of sp³-hybridized carbons (Fsp3) is 0.733. The molecule has 0 aromatic rings. The minimum absolute atomic E-state index is 0.190. The summed E-state index contributed by atoms with van der Waals surface area (Å²) in [5.74, 6) is -1.34. The van der Waals surface area contributed by atoms with Crippen molar-refractivity contribution in [3.8, 4) is 0 Å². The molecular formula is C15H25NO4. The first-order valence-corrected chi connectivity index (χ1v) is 7.37. The van der Waals surface area contributed by atoms with Crippen LogP contribution in [0.4, 0.5) is 0 Å². The first kappa shape index (κ1) is 16.7. The normalized spacial score (nSPS) is 19.5. The van der Waals surface area contributed by atoms with E-state index in [-0.39, 0.29) is 11.8 Å². The number of allylic oxidation sites excluding steroid dienone is 1. The van der Waals surface area contributed by atoms with Crippen LogP contribution in [0.25, 0.3) is 0 Å². The minimum Gasteiger partial charge on any atom is -0.480 e. The Hall–Kier alpha value is -1.36. The molecule has 5 heteroatoms. The summed E-state index contributed by atoms with van der Waals surface area (Å²) in [6.45, 7) is 4.65. The molecule has 20 heavy (non-hydrogen) atoms. The van der Waals surface area contributed by atoms with Crippen LogP contribution in [0.3, 0.4) is 0 Å². The molecule has 0 aliphatic carbocycles. The van der Waals surface area contributed by atoms with E-state index in [9.17, 15) is 9.59 Å². The molecule has 0 bridgehead atoms. The van der Waals surface area contributed by atoms with Crippen molar-refractivity contribution in [2.75, 3.05) is 13.2 Å². The van der Waals surface area contributed by atoms with Crippen LogP contribution >= 0.6 is 0 Å². The van der Waals surface area contributed by atoms with Crippen molar-refractivity contribution in [3.05, 3.63) is 12.7 Å². The number of unbranched alkanes of at least 4 members (excludes halogenated alkanes) is 4. The fourth-order valence-corrected chi connectivity index (χ4v) is 2.28. The third-order valence-corrected chi connectivity index (χ3v) is 3.57. The number of rotatable bonds is 10. The van der Waals surface area contributed by atoms with Gasteiger partial charge in [0.2, 0.25) is 5.91 Å². The second-order valence-electron chi connectivity index (χ2n) is 5.24. The van der Waals surface area contributed by atoms with Crippen molar-refractivity contribution in [2.45, 2.75) is 51.0 Å². The number of aliphatic carboxylic acids is 1. The SMILES string of the molecule is C=CCCCCCC[C@H](NC(=O)[C@@H]1CCOC1)C(=O)O. The Kier molecular flexibility index (Phi) is 7.95. The standard InChI is InChI=1S/C15H25NO4/c1-2-3-4-5-6-7-8-13(15(18)19)16-14(17)12-9-10-20-11-12/h2,12-13H,1,3-11H2,(H,16,17)(H,18,19)/t12-,13+/m1/s1. The number of carboxylic acids is 1. The van der Waals surface area contributed by atoms with Crippen molar-refractivity contribution in [2.24, 2.45) is 5.92 Å². The Labute approximate surface area is 120 Å². The monoisotopic (exact) mass is 283 g/mol. The van der Waals surface area contributed by atoms with Gasteiger partial charge < -0.3 is 15.2 Å². The van der Waals surface area contributed by atoms with E-state index in [1.165, 1.54) is 0 Å². The van der Waals surface area contributed by atoms with E-state index in [4.69, 9.17) is 9.84 Å². The Balaban J connectivity index is 2.23. The van der Waals surface area contributed by atoms with Gasteiger partial charge in [-0.05, 0) is 25.7 Å². The summed E-state index contributed by atoms with van der Waals surface area (Å²) >= 11 is 0. The predicted octanol–water partition coefficient (Wildman–Crippen LogP) is 2.12. The second kappa shape index (κ2) is 9.53. The van der Waals surface area contributed by atoms with Gasteiger partial charge in [-0.3, -0.25) is 4.79 Å². The van der Waals surface area contributed by atoms with Crippen LogP contribution in [-0.4, -0.2) is 36.2 Å². The topological polar surface area (TPSA) is 75.6 Å². The molecule has 1 saturated heterocycles. The summed E-state index contributed by atoms with van der Waals surface area (Å²) in [7, 11) is 0. The number of amides is 1. The van der Waals surface area contributed by atoms with Crippen molar-refractivity contribution in [3.63, 3.8) is 0 Å². The van der Waals surface area contributed by atoms with Crippen LogP contribution in [0.1, 0.15) is 44.9 Å². The molecular weight excluding hydrogens is 258 g/mol. The number of nitrogens with one attached hydrogen (secondary N) is 1. The van der Waals surface area contributed by atoms with Crippen LogP contribution in [0.2, 0.25) is 0 Å². The van der Waals surface area contributed by atoms with E-state index >= 15 is 0 Å². The second-order valence-corrected chi connectivity index (χ2v) is 5.24. The highest BCUT2D eigenvalue weighted by molar-refractivity contribution is 5.85. The molecule has 2 atom stereocenters. The van der Waals surface area contributed by atoms with Gasteiger partial charge in [0.1, 0.15) is 6.04 Å². The predicted molar refractivity (Wildman–Crippen MR) is 76.4 cm³/mol.